The Hall–Kier alpha value is -1.80. The first-order valence-electron chi connectivity index (χ1n) is 4.84. The number of aromatic amines is 1. The second-order valence-electron chi connectivity index (χ2n) is 3.32. The van der Waals surface area contributed by atoms with Crippen molar-refractivity contribution in [2.45, 2.75) is 13.3 Å². The van der Waals surface area contributed by atoms with E-state index in [1.54, 1.807) is 14.0 Å². The van der Waals surface area contributed by atoms with Crippen LogP contribution in [-0.4, -0.2) is 25.8 Å². The average Bonchev–Trinajstić information content (AvgIpc) is 2.28. The molecule has 0 saturated carbocycles. The van der Waals surface area contributed by atoms with Gasteiger partial charge in [0, 0.05) is 19.1 Å². The maximum atomic E-state index is 11.7. The first-order valence-corrected chi connectivity index (χ1v) is 4.84. The minimum Gasteiger partial charge on any atom is -0.481 e. The number of nitrogens with zero attached hydrogens (tertiary/aromatic N) is 1. The number of nitrogens with one attached hydrogen (secondary N) is 1. The lowest BCUT2D eigenvalue weighted by atomic mass is 10.0. The van der Waals surface area contributed by atoms with Crippen LogP contribution in [0.4, 0.5) is 0 Å². The summed E-state index contributed by atoms with van der Waals surface area (Å²) >= 11 is 0. The van der Waals surface area contributed by atoms with Crippen LogP contribution in [0.5, 0.6) is 5.88 Å². The molecule has 1 heterocycles. The molecule has 5 heteroatoms. The Kier molecular flexibility index (Phi) is 4.09. The Labute approximate surface area is 93.6 Å². The molecule has 0 bridgehead atoms. The summed E-state index contributed by atoms with van der Waals surface area (Å²) in [7, 11) is 2.98. The molecule has 1 aromatic heterocycles. The fourth-order valence-corrected chi connectivity index (χ4v) is 1.53. The third kappa shape index (κ3) is 2.23. The molecule has 1 rings (SSSR count). The Bertz CT molecular complexity index is 471. The molecule has 5 nitrogen and oxygen atoms in total. The van der Waals surface area contributed by atoms with Crippen molar-refractivity contribution < 1.29 is 9.47 Å². The molecule has 0 spiro atoms. The molecule has 1 N–H and O–H groups in total. The van der Waals surface area contributed by atoms with Crippen molar-refractivity contribution in [1.29, 1.82) is 5.26 Å². The van der Waals surface area contributed by atoms with Crippen molar-refractivity contribution in [3.63, 3.8) is 0 Å². The summed E-state index contributed by atoms with van der Waals surface area (Å²) in [6, 6.07) is 2.02. The molecule has 0 aromatic carbocycles. The number of pyridine rings is 1. The van der Waals surface area contributed by atoms with Crippen molar-refractivity contribution in [3.05, 3.63) is 27.0 Å². The van der Waals surface area contributed by atoms with E-state index in [1.807, 2.05) is 6.07 Å². The first kappa shape index (κ1) is 12.3. The Morgan fingerprint density at radius 1 is 1.44 bits per heavy atom. The lowest BCUT2D eigenvalue weighted by molar-refractivity contribution is 0.202. The van der Waals surface area contributed by atoms with E-state index in [2.05, 4.69) is 4.98 Å². The fourth-order valence-electron chi connectivity index (χ4n) is 1.53. The van der Waals surface area contributed by atoms with Gasteiger partial charge in [-0.15, -0.1) is 0 Å². The third-order valence-corrected chi connectivity index (χ3v) is 2.43. The molecule has 0 amide bonds. The summed E-state index contributed by atoms with van der Waals surface area (Å²) in [6.07, 6.45) is 0.482. The molecule has 0 saturated heterocycles. The highest BCUT2D eigenvalue weighted by molar-refractivity contribution is 5.47. The lowest BCUT2D eigenvalue weighted by Gasteiger charge is -2.09. The lowest BCUT2D eigenvalue weighted by Crippen LogP contribution is -2.18. The van der Waals surface area contributed by atoms with Gasteiger partial charge in [0.2, 0.25) is 5.88 Å². The van der Waals surface area contributed by atoms with Gasteiger partial charge in [0.15, 0.2) is 0 Å². The molecule has 0 aliphatic carbocycles. The van der Waals surface area contributed by atoms with Crippen LogP contribution >= 0.6 is 0 Å². The molecule has 0 atom stereocenters. The molecule has 0 radical (unpaired) electrons. The van der Waals surface area contributed by atoms with E-state index < -0.39 is 0 Å². The van der Waals surface area contributed by atoms with Crippen LogP contribution in [0, 0.1) is 18.3 Å². The number of aromatic nitrogens is 1. The largest absolute Gasteiger partial charge is 0.481 e. The smallest absolute Gasteiger partial charge is 0.254 e. The van der Waals surface area contributed by atoms with Crippen molar-refractivity contribution in [3.8, 4) is 11.9 Å². The highest BCUT2D eigenvalue weighted by atomic mass is 16.5. The van der Waals surface area contributed by atoms with Gasteiger partial charge in [-0.1, -0.05) is 0 Å². The summed E-state index contributed by atoms with van der Waals surface area (Å²) in [5, 5.41) is 8.99. The Morgan fingerprint density at radius 2 is 2.12 bits per heavy atom. The summed E-state index contributed by atoms with van der Waals surface area (Å²) < 4.78 is 9.87. The predicted molar refractivity (Wildman–Crippen MR) is 58.6 cm³/mol. The van der Waals surface area contributed by atoms with Crippen LogP contribution in [-0.2, 0) is 11.2 Å². The fraction of sp³-hybridized carbons (Fsp3) is 0.455. The number of hydrogen-bond acceptors (Lipinski definition) is 4. The van der Waals surface area contributed by atoms with Crippen LogP contribution in [0.3, 0.4) is 0 Å². The van der Waals surface area contributed by atoms with Gasteiger partial charge in [-0.25, -0.2) is 0 Å². The summed E-state index contributed by atoms with van der Waals surface area (Å²) in [5.41, 5.74) is 1.36. The van der Waals surface area contributed by atoms with E-state index in [1.165, 1.54) is 7.11 Å². The van der Waals surface area contributed by atoms with Gasteiger partial charge in [0.05, 0.1) is 13.7 Å². The van der Waals surface area contributed by atoms with Crippen molar-refractivity contribution in [1.82, 2.24) is 4.98 Å². The number of hydrogen-bond donors (Lipinski definition) is 1. The predicted octanol–water partition coefficient (Wildman–Crippen LogP) is 0.752. The second-order valence-corrected chi connectivity index (χ2v) is 3.32. The van der Waals surface area contributed by atoms with Crippen molar-refractivity contribution >= 4 is 0 Å². The summed E-state index contributed by atoms with van der Waals surface area (Å²) in [6.45, 7) is 2.18. The summed E-state index contributed by atoms with van der Waals surface area (Å²) in [5.74, 6) is 0.214. The van der Waals surface area contributed by atoms with Gasteiger partial charge in [-0.2, -0.15) is 5.26 Å². The number of nitriles is 1. The standard InChI is InChI=1S/C11H14N2O3/c1-7-8(4-5-15-2)10(14)13-11(16-3)9(7)6-12/h4-5H2,1-3H3,(H,13,14). The molecular formula is C11H14N2O3. The zero-order valence-corrected chi connectivity index (χ0v) is 9.59. The second kappa shape index (κ2) is 5.33. The zero-order valence-electron chi connectivity index (χ0n) is 9.59. The van der Waals surface area contributed by atoms with Crippen molar-refractivity contribution in [2.24, 2.45) is 0 Å². The van der Waals surface area contributed by atoms with Gasteiger partial charge in [-0.05, 0) is 12.5 Å². The van der Waals surface area contributed by atoms with Gasteiger partial charge in [-0.3, -0.25) is 9.78 Å². The zero-order chi connectivity index (χ0) is 12.1. The van der Waals surface area contributed by atoms with Crippen LogP contribution in [0.15, 0.2) is 4.79 Å². The third-order valence-electron chi connectivity index (χ3n) is 2.43. The molecule has 0 aliphatic rings. The highest BCUT2D eigenvalue weighted by Crippen LogP contribution is 2.18. The maximum absolute atomic E-state index is 11.7. The van der Waals surface area contributed by atoms with Crippen LogP contribution in [0.2, 0.25) is 0 Å². The van der Waals surface area contributed by atoms with Crippen LogP contribution in [0.1, 0.15) is 16.7 Å². The molecular weight excluding hydrogens is 208 g/mol. The van der Waals surface area contributed by atoms with Gasteiger partial charge in [0.1, 0.15) is 11.6 Å². The van der Waals surface area contributed by atoms with E-state index in [0.717, 1.165) is 0 Å². The van der Waals surface area contributed by atoms with Gasteiger partial charge in [0.25, 0.3) is 5.56 Å². The molecule has 1 aromatic rings. The minimum atomic E-state index is -0.231. The molecule has 86 valence electrons. The van der Waals surface area contributed by atoms with Crippen LogP contribution in [0.25, 0.3) is 0 Å². The van der Waals surface area contributed by atoms with E-state index in [0.29, 0.717) is 29.7 Å². The molecule has 16 heavy (non-hydrogen) atoms. The van der Waals surface area contributed by atoms with Crippen molar-refractivity contribution in [2.75, 3.05) is 20.8 Å². The number of ether oxygens (including phenoxy) is 2. The molecule has 0 aliphatic heterocycles. The van der Waals surface area contributed by atoms with E-state index in [4.69, 9.17) is 14.7 Å². The average molecular weight is 222 g/mol. The molecule has 0 fully saturated rings. The highest BCUT2D eigenvalue weighted by Gasteiger charge is 2.14. The minimum absolute atomic E-state index is 0.214. The summed E-state index contributed by atoms with van der Waals surface area (Å²) in [4.78, 5) is 14.2. The van der Waals surface area contributed by atoms with E-state index in [9.17, 15) is 4.79 Å². The topological polar surface area (TPSA) is 75.1 Å². The number of H-pyrrole nitrogens is 1. The van der Waals surface area contributed by atoms with Crippen LogP contribution < -0.4 is 10.3 Å². The monoisotopic (exact) mass is 222 g/mol. The normalized spacial score (nSPS) is 9.88. The van der Waals surface area contributed by atoms with E-state index in [-0.39, 0.29) is 11.4 Å². The first-order chi connectivity index (χ1) is 7.65. The SMILES string of the molecule is COCCc1c(C)c(C#N)c(OC)[nH]c1=O. The Morgan fingerprint density at radius 3 is 2.62 bits per heavy atom. The van der Waals surface area contributed by atoms with Gasteiger partial charge >= 0.3 is 0 Å². The van der Waals surface area contributed by atoms with E-state index >= 15 is 0 Å². The molecule has 0 unspecified atom stereocenters. The number of rotatable bonds is 4. The number of methoxy groups -OCH3 is 2. The van der Waals surface area contributed by atoms with Gasteiger partial charge < -0.3 is 9.47 Å². The Balaban J connectivity index is 3.31. The quantitative estimate of drug-likeness (QED) is 0.815. The maximum Gasteiger partial charge on any atom is 0.254 e.